The molecular formula is C20H28N4O15P2. The quantitative estimate of drug-likeness (QED) is 0.160. The maximum atomic E-state index is 12.8. The number of phosphoric ester groups is 2. The molecule has 21 heteroatoms. The zero-order valence-corrected chi connectivity index (χ0v) is 23.3. The number of ether oxygens (including phenoxy) is 2. The number of nitrogens with zero attached hydrogens (tertiary/aromatic N) is 2. The van der Waals surface area contributed by atoms with Crippen LogP contribution in [0.1, 0.15) is 36.4 Å². The molecule has 2 aliphatic rings. The molecule has 2 saturated heterocycles. The molecule has 228 valence electrons. The Morgan fingerprint density at radius 3 is 1.78 bits per heavy atom. The van der Waals surface area contributed by atoms with E-state index >= 15 is 0 Å². The van der Waals surface area contributed by atoms with Crippen LogP contribution in [0.25, 0.3) is 0 Å². The predicted octanol–water partition coefficient (Wildman–Crippen LogP) is -1.75. The van der Waals surface area contributed by atoms with Gasteiger partial charge in [-0.3, -0.25) is 42.3 Å². The van der Waals surface area contributed by atoms with Crippen LogP contribution in [0.5, 0.6) is 0 Å². The number of hydrogen-bond donors (Lipinski definition) is 6. The topological polar surface area (TPSA) is 271 Å². The lowest BCUT2D eigenvalue weighted by molar-refractivity contribution is -0.0571. The van der Waals surface area contributed by atoms with Gasteiger partial charge in [0.2, 0.25) is 0 Å². The highest BCUT2D eigenvalue weighted by Crippen LogP contribution is 2.50. The number of phosphoric acid groups is 2. The molecule has 2 aliphatic heterocycles. The number of aryl methyl sites for hydroxylation is 2. The first-order valence-electron chi connectivity index (χ1n) is 12.0. The third-order valence-electron chi connectivity index (χ3n) is 6.40. The Morgan fingerprint density at radius 2 is 1.32 bits per heavy atom. The molecule has 0 spiro atoms. The van der Waals surface area contributed by atoms with E-state index < -0.39 is 88.2 Å². The Morgan fingerprint density at radius 1 is 0.854 bits per heavy atom. The first kappa shape index (κ1) is 31.4. The monoisotopic (exact) mass is 626 g/mol. The van der Waals surface area contributed by atoms with Crippen molar-refractivity contribution in [1.29, 1.82) is 0 Å². The number of nitrogens with one attached hydrogen (secondary N) is 2. The van der Waals surface area contributed by atoms with Gasteiger partial charge in [-0.2, -0.15) is 0 Å². The molecule has 2 aromatic rings. The Labute approximate surface area is 229 Å². The highest BCUT2D eigenvalue weighted by molar-refractivity contribution is 7.47. The van der Waals surface area contributed by atoms with E-state index in [1.54, 1.807) is 0 Å². The molecule has 0 aromatic carbocycles. The van der Waals surface area contributed by atoms with Gasteiger partial charge in [0.25, 0.3) is 11.1 Å². The van der Waals surface area contributed by atoms with Crippen LogP contribution in [0.4, 0.5) is 0 Å². The number of aliphatic hydroxyl groups excluding tert-OH is 1. The van der Waals surface area contributed by atoms with Crippen molar-refractivity contribution < 1.29 is 52.0 Å². The first-order chi connectivity index (χ1) is 19.1. The first-order valence-corrected chi connectivity index (χ1v) is 15.0. The van der Waals surface area contributed by atoms with E-state index in [-0.39, 0.29) is 24.0 Å². The third kappa shape index (κ3) is 7.46. The van der Waals surface area contributed by atoms with Crippen LogP contribution in [0, 0.1) is 13.8 Å². The average molecular weight is 626 g/mol. The zero-order valence-electron chi connectivity index (χ0n) is 21.5. The highest BCUT2D eigenvalue weighted by Gasteiger charge is 2.45. The van der Waals surface area contributed by atoms with E-state index in [0.29, 0.717) is 0 Å². The summed E-state index contributed by atoms with van der Waals surface area (Å²) in [5, 5.41) is 9.69. The summed E-state index contributed by atoms with van der Waals surface area (Å²) in [7, 11) is -10.1. The summed E-state index contributed by atoms with van der Waals surface area (Å²) in [4.78, 5) is 80.9. The molecule has 2 fully saturated rings. The van der Waals surface area contributed by atoms with Crippen molar-refractivity contribution in [3.8, 4) is 0 Å². The van der Waals surface area contributed by atoms with Crippen molar-refractivity contribution in [3.05, 3.63) is 65.2 Å². The fourth-order valence-corrected chi connectivity index (χ4v) is 5.96. The molecule has 4 heterocycles. The van der Waals surface area contributed by atoms with E-state index in [4.69, 9.17) is 23.0 Å². The van der Waals surface area contributed by atoms with Gasteiger partial charge in [-0.25, -0.2) is 18.7 Å². The van der Waals surface area contributed by atoms with Crippen molar-refractivity contribution in [2.75, 3.05) is 13.2 Å². The molecule has 2 aromatic heterocycles. The molecule has 6 N–H and O–H groups in total. The molecule has 0 saturated carbocycles. The average Bonchev–Trinajstić information content (AvgIpc) is 3.44. The lowest BCUT2D eigenvalue weighted by Gasteiger charge is -2.23. The number of aliphatic hydroxyl groups is 1. The van der Waals surface area contributed by atoms with Gasteiger partial charge in [-0.15, -0.1) is 0 Å². The number of rotatable bonds is 10. The van der Waals surface area contributed by atoms with Gasteiger partial charge in [0.1, 0.15) is 36.9 Å². The SMILES string of the molecule is Cc1cn([C@H]2C[C@H](OP(=O)(O)O)[C@@H](COP(=O)(O)O[C@H]3C[C@H](n4cc(C)c(=O)[nH]c4=O)O[C@@H]3CO)O2)c(=O)[nH]c1=O. The summed E-state index contributed by atoms with van der Waals surface area (Å²) in [5.41, 5.74) is -2.61. The molecule has 0 aliphatic carbocycles. The van der Waals surface area contributed by atoms with Crippen LogP contribution in [0.15, 0.2) is 31.6 Å². The Hall–Kier alpha value is -2.54. The minimum Gasteiger partial charge on any atom is -0.394 e. The number of aromatic nitrogens is 4. The maximum Gasteiger partial charge on any atom is 0.472 e. The van der Waals surface area contributed by atoms with Crippen LogP contribution in [-0.4, -0.2) is 76.5 Å². The number of aromatic amines is 2. The molecule has 19 nitrogen and oxygen atoms in total. The van der Waals surface area contributed by atoms with Gasteiger partial charge in [-0.1, -0.05) is 0 Å². The van der Waals surface area contributed by atoms with Gasteiger partial charge in [0, 0.05) is 36.4 Å². The molecule has 7 atom stereocenters. The van der Waals surface area contributed by atoms with Crippen molar-refractivity contribution >= 4 is 15.6 Å². The van der Waals surface area contributed by atoms with E-state index in [1.165, 1.54) is 26.2 Å². The van der Waals surface area contributed by atoms with Gasteiger partial charge < -0.3 is 29.3 Å². The van der Waals surface area contributed by atoms with E-state index in [9.17, 15) is 48.1 Å². The normalized spacial score (nSPS) is 28.1. The number of hydrogen-bond acceptors (Lipinski definition) is 12. The van der Waals surface area contributed by atoms with Crippen LogP contribution in [-0.2, 0) is 32.2 Å². The summed E-state index contributed by atoms with van der Waals surface area (Å²) in [6.45, 7) is 1.40. The minimum atomic E-state index is -5.09. The van der Waals surface area contributed by atoms with E-state index in [2.05, 4.69) is 9.97 Å². The lowest BCUT2D eigenvalue weighted by atomic mass is 10.2. The fourth-order valence-electron chi connectivity index (χ4n) is 4.42. The molecule has 1 unspecified atom stereocenters. The molecule has 4 rings (SSSR count). The van der Waals surface area contributed by atoms with Crippen molar-refractivity contribution in [2.45, 2.75) is 63.6 Å². The van der Waals surface area contributed by atoms with Gasteiger partial charge in [-0.05, 0) is 13.8 Å². The van der Waals surface area contributed by atoms with Gasteiger partial charge in [0.05, 0.1) is 13.2 Å². The van der Waals surface area contributed by atoms with Crippen molar-refractivity contribution in [3.63, 3.8) is 0 Å². The largest absolute Gasteiger partial charge is 0.472 e. The maximum absolute atomic E-state index is 12.8. The molecule has 0 bridgehead atoms. The van der Waals surface area contributed by atoms with Crippen molar-refractivity contribution in [1.82, 2.24) is 19.1 Å². The molecular weight excluding hydrogens is 598 g/mol. The van der Waals surface area contributed by atoms with Crippen LogP contribution >= 0.6 is 15.6 Å². The summed E-state index contributed by atoms with van der Waals surface area (Å²) in [6, 6.07) is 0. The number of H-pyrrole nitrogens is 2. The molecule has 0 radical (unpaired) electrons. The summed E-state index contributed by atoms with van der Waals surface area (Å²) in [5.74, 6) is 0. The fraction of sp³-hybridized carbons (Fsp3) is 0.600. The smallest absolute Gasteiger partial charge is 0.394 e. The standard InChI is InChI=1S/C20H28N4O15P2/c1-9-5-23(19(28)21-17(9)26)15-3-11(13(7-25)36-15)39-41(33,34)35-8-14-12(38-40(30,31)32)4-16(37-14)24-6-10(2)18(27)22-20(24)29/h5-6,11-16,25H,3-4,7-8H2,1-2H3,(H,33,34)(H,21,26,28)(H,22,27,29)(H2,30,31,32)/t11-,12-,13+,14+,15+,16+/m0/s1. The Bertz CT molecular complexity index is 1610. The van der Waals surface area contributed by atoms with Crippen molar-refractivity contribution in [2.24, 2.45) is 0 Å². The second-order valence-corrected chi connectivity index (χ2v) is 12.0. The summed E-state index contributed by atoms with van der Waals surface area (Å²) in [6.07, 6.45) is -5.61. The van der Waals surface area contributed by atoms with Crippen LogP contribution in [0.2, 0.25) is 0 Å². The van der Waals surface area contributed by atoms with Gasteiger partial charge >= 0.3 is 27.0 Å². The molecule has 0 amide bonds. The van der Waals surface area contributed by atoms with Crippen LogP contribution < -0.4 is 22.5 Å². The summed E-state index contributed by atoms with van der Waals surface area (Å²) >= 11 is 0. The second-order valence-electron chi connectivity index (χ2n) is 9.41. The van der Waals surface area contributed by atoms with Crippen LogP contribution in [0.3, 0.4) is 0 Å². The molecule has 41 heavy (non-hydrogen) atoms. The Kier molecular flexibility index (Phi) is 9.18. The Balaban J connectivity index is 1.46. The third-order valence-corrected chi connectivity index (χ3v) is 7.95. The van der Waals surface area contributed by atoms with E-state index in [1.807, 2.05) is 0 Å². The predicted molar refractivity (Wildman–Crippen MR) is 134 cm³/mol. The summed E-state index contributed by atoms with van der Waals surface area (Å²) < 4.78 is 52.4. The minimum absolute atomic E-state index is 0.142. The lowest BCUT2D eigenvalue weighted by Crippen LogP contribution is -2.33. The highest BCUT2D eigenvalue weighted by atomic mass is 31.2. The second kappa shape index (κ2) is 12.0. The van der Waals surface area contributed by atoms with E-state index in [0.717, 1.165) is 9.13 Å². The van der Waals surface area contributed by atoms with Gasteiger partial charge in [0.15, 0.2) is 0 Å². The zero-order chi connectivity index (χ0) is 30.3.